The van der Waals surface area contributed by atoms with Gasteiger partial charge in [0.15, 0.2) is 5.84 Å². The van der Waals surface area contributed by atoms with Gasteiger partial charge in [-0.1, -0.05) is 5.16 Å². The van der Waals surface area contributed by atoms with Gasteiger partial charge in [-0.25, -0.2) is 0 Å². The molecule has 1 aliphatic heterocycles. The Balaban J connectivity index is 2.14. The van der Waals surface area contributed by atoms with Crippen LogP contribution in [-0.4, -0.2) is 36.3 Å². The van der Waals surface area contributed by atoms with E-state index in [-0.39, 0.29) is 18.0 Å². The van der Waals surface area contributed by atoms with E-state index in [9.17, 15) is 0 Å². The minimum absolute atomic E-state index is 0.130. The van der Waals surface area contributed by atoms with Gasteiger partial charge in [-0.15, -0.1) is 0 Å². The Kier molecular flexibility index (Phi) is 3.72. The molecule has 1 aromatic rings. The predicted octanol–water partition coefficient (Wildman–Crippen LogP) is 1.39. The van der Waals surface area contributed by atoms with E-state index in [2.05, 4.69) is 23.9 Å². The summed E-state index contributed by atoms with van der Waals surface area (Å²) in [6, 6.07) is 7.68. The van der Waals surface area contributed by atoms with E-state index < -0.39 is 0 Å². The summed E-state index contributed by atoms with van der Waals surface area (Å²) in [5.74, 6) is 0.130. The van der Waals surface area contributed by atoms with E-state index in [0.29, 0.717) is 0 Å². The topological polar surface area (TPSA) is 71.1 Å². The standard InChI is InChI=1S/C13H19N3O2/c1-9-7-16(8-10(2)18-9)12-5-3-11(4-6-12)13(14)15-17/h3-6,9-10,17H,7-8H2,1-2H3,(H2,14,15). The van der Waals surface area contributed by atoms with E-state index in [0.717, 1.165) is 24.3 Å². The highest BCUT2D eigenvalue weighted by Gasteiger charge is 2.22. The molecule has 1 heterocycles. The summed E-state index contributed by atoms with van der Waals surface area (Å²) < 4.78 is 5.70. The summed E-state index contributed by atoms with van der Waals surface area (Å²) in [7, 11) is 0. The molecule has 0 radical (unpaired) electrons. The second-order valence-electron chi connectivity index (χ2n) is 4.69. The Morgan fingerprint density at radius 1 is 1.28 bits per heavy atom. The normalized spacial score (nSPS) is 25.2. The summed E-state index contributed by atoms with van der Waals surface area (Å²) in [4.78, 5) is 2.29. The number of hydrogen-bond donors (Lipinski definition) is 2. The van der Waals surface area contributed by atoms with Gasteiger partial charge in [0.05, 0.1) is 12.2 Å². The SMILES string of the molecule is CC1CN(c2ccc(/C(N)=N/O)cc2)CC(C)O1. The van der Waals surface area contributed by atoms with Crippen molar-refractivity contribution in [2.75, 3.05) is 18.0 Å². The molecule has 0 saturated carbocycles. The fourth-order valence-electron chi connectivity index (χ4n) is 2.29. The molecule has 1 saturated heterocycles. The van der Waals surface area contributed by atoms with Gasteiger partial charge >= 0.3 is 0 Å². The van der Waals surface area contributed by atoms with Crippen LogP contribution < -0.4 is 10.6 Å². The highest BCUT2D eigenvalue weighted by atomic mass is 16.5. The zero-order chi connectivity index (χ0) is 13.1. The van der Waals surface area contributed by atoms with Crippen LogP contribution in [-0.2, 0) is 4.74 Å². The lowest BCUT2D eigenvalue weighted by Crippen LogP contribution is -2.45. The second kappa shape index (κ2) is 5.27. The van der Waals surface area contributed by atoms with Gasteiger partial charge in [0.25, 0.3) is 0 Å². The van der Waals surface area contributed by atoms with Crippen LogP contribution in [0.2, 0.25) is 0 Å². The molecule has 1 fully saturated rings. The van der Waals surface area contributed by atoms with Crippen molar-refractivity contribution in [3.05, 3.63) is 29.8 Å². The zero-order valence-electron chi connectivity index (χ0n) is 10.7. The van der Waals surface area contributed by atoms with Crippen molar-refractivity contribution in [1.29, 1.82) is 0 Å². The van der Waals surface area contributed by atoms with Crippen molar-refractivity contribution in [3.63, 3.8) is 0 Å². The fourth-order valence-corrected chi connectivity index (χ4v) is 2.29. The van der Waals surface area contributed by atoms with Gasteiger partial charge in [0, 0.05) is 24.3 Å². The van der Waals surface area contributed by atoms with Crippen molar-refractivity contribution in [3.8, 4) is 0 Å². The highest BCUT2D eigenvalue weighted by Crippen LogP contribution is 2.20. The highest BCUT2D eigenvalue weighted by molar-refractivity contribution is 5.97. The number of nitrogens with two attached hydrogens (primary N) is 1. The van der Waals surface area contributed by atoms with Gasteiger partial charge in [-0.05, 0) is 38.1 Å². The molecule has 2 atom stereocenters. The molecule has 5 heteroatoms. The van der Waals surface area contributed by atoms with Gasteiger partial charge in [-0.3, -0.25) is 0 Å². The molecule has 0 amide bonds. The molecule has 98 valence electrons. The third-order valence-corrected chi connectivity index (χ3v) is 3.06. The molecule has 1 aromatic carbocycles. The number of benzene rings is 1. The Bertz CT molecular complexity index is 420. The first-order valence-electron chi connectivity index (χ1n) is 6.08. The van der Waals surface area contributed by atoms with Crippen molar-refractivity contribution < 1.29 is 9.94 Å². The lowest BCUT2D eigenvalue weighted by atomic mass is 10.1. The summed E-state index contributed by atoms with van der Waals surface area (Å²) in [5.41, 5.74) is 7.38. The van der Waals surface area contributed by atoms with Gasteiger partial charge < -0.3 is 20.6 Å². The number of hydrogen-bond acceptors (Lipinski definition) is 4. The van der Waals surface area contributed by atoms with Crippen LogP contribution in [0, 0.1) is 0 Å². The first-order valence-corrected chi connectivity index (χ1v) is 6.08. The first kappa shape index (κ1) is 12.7. The van der Waals surface area contributed by atoms with E-state index in [4.69, 9.17) is 15.7 Å². The van der Waals surface area contributed by atoms with Crippen molar-refractivity contribution in [2.45, 2.75) is 26.1 Å². The number of morpholine rings is 1. The number of oxime groups is 1. The number of anilines is 1. The fraction of sp³-hybridized carbons (Fsp3) is 0.462. The van der Waals surface area contributed by atoms with Gasteiger partial charge in [-0.2, -0.15) is 0 Å². The Morgan fingerprint density at radius 2 is 1.83 bits per heavy atom. The number of amidine groups is 1. The largest absolute Gasteiger partial charge is 0.409 e. The minimum atomic E-state index is 0.130. The average molecular weight is 249 g/mol. The molecule has 0 bridgehead atoms. The number of rotatable bonds is 2. The van der Waals surface area contributed by atoms with Crippen LogP contribution in [0.4, 0.5) is 5.69 Å². The molecule has 18 heavy (non-hydrogen) atoms. The molecule has 0 aromatic heterocycles. The molecule has 0 spiro atoms. The van der Waals surface area contributed by atoms with Gasteiger partial charge in [0.2, 0.25) is 0 Å². The molecule has 1 aliphatic rings. The molecular formula is C13H19N3O2. The van der Waals surface area contributed by atoms with Crippen LogP contribution in [0.15, 0.2) is 29.4 Å². The summed E-state index contributed by atoms with van der Waals surface area (Å²) in [6.45, 7) is 5.92. The maximum atomic E-state index is 8.61. The maximum absolute atomic E-state index is 8.61. The molecule has 0 aliphatic carbocycles. The Hall–Kier alpha value is -1.75. The number of ether oxygens (including phenoxy) is 1. The second-order valence-corrected chi connectivity index (χ2v) is 4.69. The summed E-state index contributed by atoms with van der Waals surface area (Å²) >= 11 is 0. The molecule has 5 nitrogen and oxygen atoms in total. The van der Waals surface area contributed by atoms with Gasteiger partial charge in [0.1, 0.15) is 0 Å². The zero-order valence-corrected chi connectivity index (χ0v) is 10.7. The summed E-state index contributed by atoms with van der Waals surface area (Å²) in [5, 5.41) is 11.6. The Morgan fingerprint density at radius 3 is 2.33 bits per heavy atom. The van der Waals surface area contributed by atoms with Crippen LogP contribution in [0.25, 0.3) is 0 Å². The van der Waals surface area contributed by atoms with Crippen molar-refractivity contribution in [1.82, 2.24) is 0 Å². The van der Waals surface area contributed by atoms with E-state index in [1.165, 1.54) is 0 Å². The quantitative estimate of drug-likeness (QED) is 0.360. The lowest BCUT2D eigenvalue weighted by Gasteiger charge is -2.36. The van der Waals surface area contributed by atoms with Crippen LogP contribution in [0.1, 0.15) is 19.4 Å². The molecular weight excluding hydrogens is 230 g/mol. The predicted molar refractivity (Wildman–Crippen MR) is 71.2 cm³/mol. The maximum Gasteiger partial charge on any atom is 0.170 e. The monoisotopic (exact) mass is 249 g/mol. The molecule has 2 rings (SSSR count). The third-order valence-electron chi connectivity index (χ3n) is 3.06. The third kappa shape index (κ3) is 2.73. The molecule has 3 N–H and O–H groups in total. The number of nitrogens with zero attached hydrogens (tertiary/aromatic N) is 2. The average Bonchev–Trinajstić information content (AvgIpc) is 2.37. The Labute approximate surface area is 107 Å². The van der Waals surface area contributed by atoms with Crippen molar-refractivity contribution in [2.24, 2.45) is 10.9 Å². The van der Waals surface area contributed by atoms with Crippen LogP contribution in [0.5, 0.6) is 0 Å². The smallest absolute Gasteiger partial charge is 0.170 e. The lowest BCUT2D eigenvalue weighted by molar-refractivity contribution is -0.00521. The van der Waals surface area contributed by atoms with E-state index in [1.54, 1.807) is 0 Å². The first-order chi connectivity index (χ1) is 8.60. The van der Waals surface area contributed by atoms with Crippen LogP contribution >= 0.6 is 0 Å². The van der Waals surface area contributed by atoms with E-state index >= 15 is 0 Å². The minimum Gasteiger partial charge on any atom is -0.409 e. The van der Waals surface area contributed by atoms with Crippen molar-refractivity contribution >= 4 is 11.5 Å². The summed E-state index contributed by atoms with van der Waals surface area (Å²) in [6.07, 6.45) is 0.468. The van der Waals surface area contributed by atoms with Crippen LogP contribution in [0.3, 0.4) is 0 Å². The van der Waals surface area contributed by atoms with E-state index in [1.807, 2.05) is 24.3 Å². The molecule has 2 unspecified atom stereocenters.